The van der Waals surface area contributed by atoms with Gasteiger partial charge in [0.25, 0.3) is 11.8 Å². The lowest BCUT2D eigenvalue weighted by molar-refractivity contribution is -0.123. The van der Waals surface area contributed by atoms with E-state index in [1.165, 1.54) is 18.4 Å². The molecular formula is C16H18FN3O4S. The minimum absolute atomic E-state index is 0.118. The molecule has 0 saturated carbocycles. The van der Waals surface area contributed by atoms with Gasteiger partial charge < -0.3 is 20.5 Å². The molecular weight excluding hydrogens is 349 g/mol. The van der Waals surface area contributed by atoms with Crippen LogP contribution in [0.1, 0.15) is 23.7 Å². The van der Waals surface area contributed by atoms with Crippen LogP contribution in [0, 0.1) is 5.92 Å². The molecule has 3 heterocycles. The van der Waals surface area contributed by atoms with E-state index in [0.717, 1.165) is 4.70 Å². The Labute approximate surface area is 147 Å². The number of aromatic nitrogens is 1. The van der Waals surface area contributed by atoms with Gasteiger partial charge in [0.2, 0.25) is 5.88 Å². The summed E-state index contributed by atoms with van der Waals surface area (Å²) >= 11 is 1.34. The lowest BCUT2D eigenvalue weighted by Gasteiger charge is -2.18. The van der Waals surface area contributed by atoms with Gasteiger partial charge in [-0.05, 0) is 12.5 Å². The van der Waals surface area contributed by atoms with Crippen LogP contribution in [0.3, 0.4) is 0 Å². The van der Waals surface area contributed by atoms with Crippen molar-refractivity contribution < 1.29 is 23.5 Å². The zero-order valence-corrected chi connectivity index (χ0v) is 14.6. The Morgan fingerprint density at radius 2 is 2.28 bits per heavy atom. The molecule has 1 saturated heterocycles. The van der Waals surface area contributed by atoms with E-state index < -0.39 is 29.9 Å². The summed E-state index contributed by atoms with van der Waals surface area (Å²) in [5.41, 5.74) is 6.05. The van der Waals surface area contributed by atoms with Crippen LogP contribution in [0.5, 0.6) is 11.6 Å². The van der Waals surface area contributed by atoms with E-state index in [9.17, 15) is 14.0 Å². The molecule has 3 N–H and O–H groups in total. The van der Waals surface area contributed by atoms with Crippen molar-refractivity contribution in [1.82, 2.24) is 10.3 Å². The summed E-state index contributed by atoms with van der Waals surface area (Å²) in [6, 6.07) is 1.21. The number of primary amides is 1. The van der Waals surface area contributed by atoms with Crippen LogP contribution < -0.4 is 20.5 Å². The fourth-order valence-corrected chi connectivity index (χ4v) is 3.81. The van der Waals surface area contributed by atoms with Gasteiger partial charge in [0, 0.05) is 11.3 Å². The number of fused-ring (bicyclic) bond motifs is 1. The maximum atomic E-state index is 13.8. The third kappa shape index (κ3) is 3.11. The summed E-state index contributed by atoms with van der Waals surface area (Å²) in [7, 11) is 1.40. The van der Waals surface area contributed by atoms with E-state index in [0.29, 0.717) is 17.7 Å². The predicted octanol–water partition coefficient (Wildman–Crippen LogP) is 1.65. The first-order valence-corrected chi connectivity index (χ1v) is 8.67. The molecule has 0 radical (unpaired) electrons. The SMILES string of the molecule is CC[C@@H]1[C@H](F)C(=O)N[C@@H]1COc1csc2cc(C(N)=O)c(OC)nc12. The fourth-order valence-electron chi connectivity index (χ4n) is 2.96. The normalized spacial score (nSPS) is 22.8. The number of alkyl halides is 1. The first kappa shape index (κ1) is 17.4. The number of carbonyl (C=O) groups excluding carboxylic acids is 2. The lowest BCUT2D eigenvalue weighted by atomic mass is 9.97. The first-order valence-electron chi connectivity index (χ1n) is 7.79. The molecule has 0 aromatic carbocycles. The minimum atomic E-state index is -1.51. The van der Waals surface area contributed by atoms with Gasteiger partial charge in [-0.1, -0.05) is 6.92 Å². The van der Waals surface area contributed by atoms with Crippen LogP contribution in [0.4, 0.5) is 4.39 Å². The van der Waals surface area contributed by atoms with E-state index in [2.05, 4.69) is 10.3 Å². The zero-order chi connectivity index (χ0) is 18.1. The van der Waals surface area contributed by atoms with Gasteiger partial charge in [-0.2, -0.15) is 0 Å². The average Bonchev–Trinajstić information content (AvgIpc) is 3.12. The Kier molecular flexibility index (Phi) is 4.76. The number of thiophene rings is 1. The number of methoxy groups -OCH3 is 1. The summed E-state index contributed by atoms with van der Waals surface area (Å²) in [5, 5.41) is 4.36. The third-order valence-electron chi connectivity index (χ3n) is 4.30. The molecule has 0 unspecified atom stereocenters. The van der Waals surface area contributed by atoms with Crippen molar-refractivity contribution in [1.29, 1.82) is 0 Å². The minimum Gasteiger partial charge on any atom is -0.488 e. The number of halogens is 1. The number of amides is 2. The second-order valence-electron chi connectivity index (χ2n) is 5.76. The second-order valence-corrected chi connectivity index (χ2v) is 6.67. The fraction of sp³-hybridized carbons (Fsp3) is 0.438. The monoisotopic (exact) mass is 367 g/mol. The van der Waals surface area contributed by atoms with Crippen LogP contribution in [0.25, 0.3) is 10.2 Å². The Morgan fingerprint density at radius 3 is 2.92 bits per heavy atom. The number of rotatable bonds is 6. The van der Waals surface area contributed by atoms with Gasteiger partial charge >= 0.3 is 0 Å². The number of pyridine rings is 1. The maximum Gasteiger partial charge on any atom is 0.255 e. The molecule has 0 bridgehead atoms. The number of hydrogen-bond donors (Lipinski definition) is 2. The molecule has 3 rings (SSSR count). The molecule has 1 fully saturated rings. The summed E-state index contributed by atoms with van der Waals surface area (Å²) in [6.07, 6.45) is -0.971. The van der Waals surface area contributed by atoms with Gasteiger partial charge in [-0.3, -0.25) is 9.59 Å². The van der Waals surface area contributed by atoms with Crippen molar-refractivity contribution in [3.05, 3.63) is 17.0 Å². The number of ether oxygens (including phenoxy) is 2. The molecule has 2 aromatic rings. The average molecular weight is 367 g/mol. The number of carbonyl (C=O) groups is 2. The zero-order valence-electron chi connectivity index (χ0n) is 13.7. The molecule has 3 atom stereocenters. The van der Waals surface area contributed by atoms with E-state index in [4.69, 9.17) is 15.2 Å². The maximum absolute atomic E-state index is 13.8. The quantitative estimate of drug-likeness (QED) is 0.808. The van der Waals surface area contributed by atoms with E-state index in [-0.39, 0.29) is 18.1 Å². The highest BCUT2D eigenvalue weighted by Gasteiger charge is 2.41. The highest BCUT2D eigenvalue weighted by atomic mass is 32.1. The standard InChI is InChI=1S/C16H18FN3O4S/c1-3-7-9(19-15(22)12(7)17)5-24-10-6-25-11-4-8(14(18)21)16(23-2)20-13(10)11/h4,6-7,9,12H,3,5H2,1-2H3,(H2,18,21)(H,19,22)/t7-,9+,12-/m0/s1. The Balaban J connectivity index is 1.83. The van der Waals surface area contributed by atoms with E-state index in [1.54, 1.807) is 11.4 Å². The molecule has 0 aliphatic carbocycles. The van der Waals surface area contributed by atoms with Crippen LogP contribution in [-0.4, -0.2) is 42.7 Å². The van der Waals surface area contributed by atoms with Gasteiger partial charge in [0.15, 0.2) is 11.9 Å². The number of nitrogens with zero attached hydrogens (tertiary/aromatic N) is 1. The van der Waals surface area contributed by atoms with Crippen LogP contribution in [-0.2, 0) is 4.79 Å². The summed E-state index contributed by atoms with van der Waals surface area (Å²) < 4.78 is 25.4. The summed E-state index contributed by atoms with van der Waals surface area (Å²) in [4.78, 5) is 27.3. The Hall–Kier alpha value is -2.42. The molecule has 2 aromatic heterocycles. The van der Waals surface area contributed by atoms with Crippen LogP contribution in [0.15, 0.2) is 11.4 Å². The molecule has 9 heteroatoms. The van der Waals surface area contributed by atoms with Crippen molar-refractivity contribution in [2.45, 2.75) is 25.6 Å². The predicted molar refractivity (Wildman–Crippen MR) is 90.8 cm³/mol. The van der Waals surface area contributed by atoms with Crippen molar-refractivity contribution >= 4 is 33.4 Å². The molecule has 1 aliphatic rings. The highest BCUT2D eigenvalue weighted by molar-refractivity contribution is 7.17. The molecule has 2 amide bonds. The first-order chi connectivity index (χ1) is 12.0. The number of nitrogens with two attached hydrogens (primary N) is 1. The highest BCUT2D eigenvalue weighted by Crippen LogP contribution is 2.35. The van der Waals surface area contributed by atoms with E-state index in [1.807, 2.05) is 6.92 Å². The molecule has 134 valence electrons. The second kappa shape index (κ2) is 6.83. The van der Waals surface area contributed by atoms with Crippen LogP contribution in [0.2, 0.25) is 0 Å². The van der Waals surface area contributed by atoms with Gasteiger partial charge in [0.05, 0.1) is 17.9 Å². The Morgan fingerprint density at radius 1 is 1.52 bits per heavy atom. The third-order valence-corrected chi connectivity index (χ3v) is 5.20. The van der Waals surface area contributed by atoms with Gasteiger partial charge in [0.1, 0.15) is 17.7 Å². The summed E-state index contributed by atoms with van der Waals surface area (Å²) in [5.74, 6) is -1.04. The molecule has 0 spiro atoms. The van der Waals surface area contributed by atoms with E-state index >= 15 is 0 Å². The van der Waals surface area contributed by atoms with Gasteiger partial charge in [-0.25, -0.2) is 9.37 Å². The molecule has 25 heavy (non-hydrogen) atoms. The van der Waals surface area contributed by atoms with Crippen molar-refractivity contribution in [3.63, 3.8) is 0 Å². The van der Waals surface area contributed by atoms with Gasteiger partial charge in [-0.15, -0.1) is 11.3 Å². The lowest BCUT2D eigenvalue weighted by Crippen LogP contribution is -2.34. The van der Waals surface area contributed by atoms with Crippen molar-refractivity contribution in [2.24, 2.45) is 11.7 Å². The Bertz CT molecular complexity index is 825. The van der Waals surface area contributed by atoms with Crippen LogP contribution >= 0.6 is 11.3 Å². The number of hydrogen-bond acceptors (Lipinski definition) is 6. The number of nitrogens with one attached hydrogen (secondary N) is 1. The molecule has 1 aliphatic heterocycles. The largest absolute Gasteiger partial charge is 0.488 e. The molecule has 7 nitrogen and oxygen atoms in total. The summed E-state index contributed by atoms with van der Waals surface area (Å²) in [6.45, 7) is 1.97. The van der Waals surface area contributed by atoms with Crippen molar-refractivity contribution in [2.75, 3.05) is 13.7 Å². The topological polar surface area (TPSA) is 104 Å². The van der Waals surface area contributed by atoms with Crippen molar-refractivity contribution in [3.8, 4) is 11.6 Å². The smallest absolute Gasteiger partial charge is 0.255 e.